The Morgan fingerprint density at radius 2 is 2.35 bits per heavy atom. The van der Waals surface area contributed by atoms with Crippen LogP contribution in [0.3, 0.4) is 0 Å². The van der Waals surface area contributed by atoms with Gasteiger partial charge < -0.3 is 9.47 Å². The average Bonchev–Trinajstić information content (AvgIpc) is 2.75. The Balaban J connectivity index is 2.11. The first-order valence-electron chi connectivity index (χ1n) is 5.91. The molecule has 1 fully saturated rings. The molecule has 2 heterocycles. The SMILES string of the molecule is CCC1CN(C(=O)c2cncn2C)CCC1=O. The van der Waals surface area contributed by atoms with Gasteiger partial charge in [-0.2, -0.15) is 0 Å². The Labute approximate surface area is 100 Å². The number of nitrogens with zero attached hydrogens (tertiary/aromatic N) is 3. The number of imidazole rings is 1. The largest absolute Gasteiger partial charge is 0.336 e. The van der Waals surface area contributed by atoms with E-state index in [9.17, 15) is 9.59 Å². The molecule has 1 aliphatic heterocycles. The average molecular weight is 235 g/mol. The van der Waals surface area contributed by atoms with Gasteiger partial charge in [-0.05, 0) is 6.42 Å². The molecule has 1 aromatic heterocycles. The Kier molecular flexibility index (Phi) is 3.26. The molecular weight excluding hydrogens is 218 g/mol. The highest BCUT2D eigenvalue weighted by atomic mass is 16.2. The lowest BCUT2D eigenvalue weighted by molar-refractivity contribution is -0.125. The number of piperidine rings is 1. The number of hydrogen-bond acceptors (Lipinski definition) is 3. The third-order valence-corrected chi connectivity index (χ3v) is 3.34. The zero-order chi connectivity index (χ0) is 12.4. The summed E-state index contributed by atoms with van der Waals surface area (Å²) in [7, 11) is 1.80. The van der Waals surface area contributed by atoms with E-state index in [1.807, 2.05) is 6.92 Å². The number of ketones is 1. The molecule has 0 aliphatic carbocycles. The molecule has 0 N–H and O–H groups in total. The summed E-state index contributed by atoms with van der Waals surface area (Å²) in [5.41, 5.74) is 0.578. The zero-order valence-corrected chi connectivity index (χ0v) is 10.2. The van der Waals surface area contributed by atoms with Crippen LogP contribution in [0.5, 0.6) is 0 Å². The second-order valence-corrected chi connectivity index (χ2v) is 4.46. The third kappa shape index (κ3) is 2.23. The quantitative estimate of drug-likeness (QED) is 0.764. The number of aryl methyl sites for hydroxylation is 1. The Morgan fingerprint density at radius 1 is 1.59 bits per heavy atom. The van der Waals surface area contributed by atoms with E-state index in [2.05, 4.69) is 4.98 Å². The first-order chi connectivity index (χ1) is 8.13. The fourth-order valence-corrected chi connectivity index (χ4v) is 2.17. The van der Waals surface area contributed by atoms with Gasteiger partial charge in [0.25, 0.3) is 5.91 Å². The van der Waals surface area contributed by atoms with Gasteiger partial charge in [0, 0.05) is 32.5 Å². The van der Waals surface area contributed by atoms with Crippen molar-refractivity contribution in [2.45, 2.75) is 19.8 Å². The van der Waals surface area contributed by atoms with Gasteiger partial charge in [0.15, 0.2) is 0 Å². The number of carbonyl (C=O) groups excluding carboxylic acids is 2. The molecule has 1 aromatic rings. The smallest absolute Gasteiger partial charge is 0.272 e. The number of likely N-dealkylation sites (tertiary alicyclic amines) is 1. The summed E-state index contributed by atoms with van der Waals surface area (Å²) in [5, 5.41) is 0. The van der Waals surface area contributed by atoms with Crippen molar-refractivity contribution in [2.75, 3.05) is 13.1 Å². The van der Waals surface area contributed by atoms with Gasteiger partial charge in [-0.3, -0.25) is 9.59 Å². The van der Waals surface area contributed by atoms with E-state index < -0.39 is 0 Å². The van der Waals surface area contributed by atoms with E-state index in [0.717, 1.165) is 6.42 Å². The molecule has 0 saturated carbocycles. The van der Waals surface area contributed by atoms with Crippen molar-refractivity contribution in [2.24, 2.45) is 13.0 Å². The Bertz CT molecular complexity index is 439. The van der Waals surface area contributed by atoms with E-state index in [-0.39, 0.29) is 17.6 Å². The molecule has 1 amide bonds. The highest BCUT2D eigenvalue weighted by Crippen LogP contribution is 2.17. The van der Waals surface area contributed by atoms with Crippen LogP contribution in [0.2, 0.25) is 0 Å². The first-order valence-corrected chi connectivity index (χ1v) is 5.91. The summed E-state index contributed by atoms with van der Waals surface area (Å²) in [6.07, 6.45) is 4.45. The predicted octanol–water partition coefficient (Wildman–Crippen LogP) is 0.861. The van der Waals surface area contributed by atoms with Crippen molar-refractivity contribution in [3.63, 3.8) is 0 Å². The lowest BCUT2D eigenvalue weighted by Crippen LogP contribution is -2.44. The molecule has 1 aliphatic rings. The topological polar surface area (TPSA) is 55.2 Å². The van der Waals surface area contributed by atoms with Gasteiger partial charge in [-0.15, -0.1) is 0 Å². The number of amides is 1. The molecular formula is C12H17N3O2. The maximum absolute atomic E-state index is 12.2. The molecule has 5 nitrogen and oxygen atoms in total. The van der Waals surface area contributed by atoms with Gasteiger partial charge in [0.1, 0.15) is 11.5 Å². The fraction of sp³-hybridized carbons (Fsp3) is 0.583. The minimum absolute atomic E-state index is 0.000859. The van der Waals surface area contributed by atoms with Gasteiger partial charge in [-0.1, -0.05) is 6.92 Å². The van der Waals surface area contributed by atoms with Crippen molar-refractivity contribution in [1.82, 2.24) is 14.5 Å². The molecule has 2 rings (SSSR count). The fourth-order valence-electron chi connectivity index (χ4n) is 2.17. The second kappa shape index (κ2) is 4.69. The van der Waals surface area contributed by atoms with E-state index in [0.29, 0.717) is 25.2 Å². The van der Waals surface area contributed by atoms with Crippen LogP contribution in [0.1, 0.15) is 30.3 Å². The standard InChI is InChI=1S/C12H17N3O2/c1-3-9-7-15(5-4-11(9)16)12(17)10-6-13-8-14(10)2/h6,8-9H,3-5,7H2,1-2H3. The lowest BCUT2D eigenvalue weighted by atomic mass is 9.94. The Morgan fingerprint density at radius 3 is 2.94 bits per heavy atom. The van der Waals surface area contributed by atoms with E-state index in [1.165, 1.54) is 0 Å². The van der Waals surface area contributed by atoms with Gasteiger partial charge in [-0.25, -0.2) is 4.98 Å². The minimum Gasteiger partial charge on any atom is -0.336 e. The summed E-state index contributed by atoms with van der Waals surface area (Å²) in [6.45, 7) is 3.05. The van der Waals surface area contributed by atoms with Crippen molar-refractivity contribution in [1.29, 1.82) is 0 Å². The first kappa shape index (κ1) is 11.8. The number of Topliss-reactive ketones (excluding diaryl/α,β-unsaturated/α-hetero) is 1. The molecule has 0 bridgehead atoms. The normalized spacial score (nSPS) is 20.7. The summed E-state index contributed by atoms with van der Waals surface area (Å²) in [4.78, 5) is 29.5. The number of hydrogen-bond donors (Lipinski definition) is 0. The van der Waals surface area contributed by atoms with Gasteiger partial charge >= 0.3 is 0 Å². The highest BCUT2D eigenvalue weighted by Gasteiger charge is 2.29. The van der Waals surface area contributed by atoms with Crippen LogP contribution < -0.4 is 0 Å². The van der Waals surface area contributed by atoms with Crippen LogP contribution in [-0.2, 0) is 11.8 Å². The summed E-state index contributed by atoms with van der Waals surface area (Å²) in [5.74, 6) is 0.249. The second-order valence-electron chi connectivity index (χ2n) is 4.46. The highest BCUT2D eigenvalue weighted by molar-refractivity contribution is 5.94. The lowest BCUT2D eigenvalue weighted by Gasteiger charge is -2.31. The minimum atomic E-state index is -0.0315. The maximum atomic E-state index is 12.2. The van der Waals surface area contributed by atoms with Crippen LogP contribution in [0, 0.1) is 5.92 Å². The number of aromatic nitrogens is 2. The van der Waals surface area contributed by atoms with E-state index in [1.54, 1.807) is 29.0 Å². The molecule has 92 valence electrons. The summed E-state index contributed by atoms with van der Waals surface area (Å²) < 4.78 is 1.71. The van der Waals surface area contributed by atoms with Crippen LogP contribution in [0.25, 0.3) is 0 Å². The maximum Gasteiger partial charge on any atom is 0.272 e. The zero-order valence-electron chi connectivity index (χ0n) is 10.2. The number of rotatable bonds is 2. The molecule has 0 spiro atoms. The van der Waals surface area contributed by atoms with Crippen LogP contribution in [0.15, 0.2) is 12.5 Å². The summed E-state index contributed by atoms with van der Waals surface area (Å²) >= 11 is 0. The summed E-state index contributed by atoms with van der Waals surface area (Å²) in [6, 6.07) is 0. The molecule has 1 saturated heterocycles. The van der Waals surface area contributed by atoms with Crippen LogP contribution >= 0.6 is 0 Å². The van der Waals surface area contributed by atoms with Crippen molar-refractivity contribution in [3.8, 4) is 0 Å². The molecule has 0 aromatic carbocycles. The van der Waals surface area contributed by atoms with E-state index in [4.69, 9.17) is 0 Å². The van der Waals surface area contributed by atoms with Gasteiger partial charge in [0.2, 0.25) is 0 Å². The molecule has 1 atom stereocenters. The molecule has 17 heavy (non-hydrogen) atoms. The Hall–Kier alpha value is -1.65. The van der Waals surface area contributed by atoms with Crippen molar-refractivity contribution in [3.05, 3.63) is 18.2 Å². The molecule has 5 heteroatoms. The predicted molar refractivity (Wildman–Crippen MR) is 62.5 cm³/mol. The molecule has 0 radical (unpaired) electrons. The number of carbonyl (C=O) groups is 2. The van der Waals surface area contributed by atoms with Gasteiger partial charge in [0.05, 0.1) is 12.5 Å². The monoisotopic (exact) mass is 235 g/mol. The molecule has 1 unspecified atom stereocenters. The van der Waals surface area contributed by atoms with Crippen LogP contribution in [0.4, 0.5) is 0 Å². The third-order valence-electron chi connectivity index (χ3n) is 3.34. The van der Waals surface area contributed by atoms with Crippen molar-refractivity contribution >= 4 is 11.7 Å². The van der Waals surface area contributed by atoms with Crippen LogP contribution in [-0.4, -0.2) is 39.2 Å². The van der Waals surface area contributed by atoms with Crippen molar-refractivity contribution < 1.29 is 9.59 Å². The van der Waals surface area contributed by atoms with E-state index >= 15 is 0 Å².